The molecule has 1 aromatic heterocycles. The van der Waals surface area contributed by atoms with Gasteiger partial charge in [-0.1, -0.05) is 6.07 Å². The summed E-state index contributed by atoms with van der Waals surface area (Å²) in [6.45, 7) is 3.83. The first-order chi connectivity index (χ1) is 9.04. The van der Waals surface area contributed by atoms with E-state index in [0.29, 0.717) is 11.5 Å². The summed E-state index contributed by atoms with van der Waals surface area (Å²) in [4.78, 5) is 14.3. The van der Waals surface area contributed by atoms with Crippen molar-refractivity contribution in [3.8, 4) is 17.6 Å². The van der Waals surface area contributed by atoms with Gasteiger partial charge >= 0.3 is 12.0 Å². The van der Waals surface area contributed by atoms with Gasteiger partial charge in [0.1, 0.15) is 17.8 Å². The van der Waals surface area contributed by atoms with Gasteiger partial charge in [0.15, 0.2) is 5.69 Å². The van der Waals surface area contributed by atoms with E-state index >= 15 is 0 Å². The zero-order chi connectivity index (χ0) is 13.8. The van der Waals surface area contributed by atoms with Gasteiger partial charge in [0.2, 0.25) is 0 Å². The number of rotatable bonds is 5. The van der Waals surface area contributed by atoms with E-state index in [9.17, 15) is 4.79 Å². The van der Waals surface area contributed by atoms with E-state index in [2.05, 4.69) is 4.98 Å². The van der Waals surface area contributed by atoms with Gasteiger partial charge in [0, 0.05) is 6.07 Å². The summed E-state index contributed by atoms with van der Waals surface area (Å²) in [7, 11) is 0. The maximum Gasteiger partial charge on any atom is 0.399 e. The summed E-state index contributed by atoms with van der Waals surface area (Å²) in [5, 5.41) is 8.71. The molecule has 1 N–H and O–H groups in total. The first-order valence-electron chi connectivity index (χ1n) is 5.68. The van der Waals surface area contributed by atoms with E-state index in [1.165, 1.54) is 0 Å². The molecular formula is C13H13NO5. The van der Waals surface area contributed by atoms with Crippen molar-refractivity contribution in [1.29, 1.82) is 0 Å². The van der Waals surface area contributed by atoms with Crippen molar-refractivity contribution >= 4 is 5.97 Å². The van der Waals surface area contributed by atoms with Crippen LogP contribution in [-0.4, -0.2) is 22.2 Å². The molecule has 100 valence electrons. The Labute approximate surface area is 109 Å². The van der Waals surface area contributed by atoms with Crippen LogP contribution in [0.5, 0.6) is 17.6 Å². The van der Waals surface area contributed by atoms with Crippen LogP contribution in [0.4, 0.5) is 0 Å². The van der Waals surface area contributed by atoms with Crippen LogP contribution in [0.3, 0.4) is 0 Å². The van der Waals surface area contributed by atoms with Crippen molar-refractivity contribution < 1.29 is 23.8 Å². The highest BCUT2D eigenvalue weighted by atomic mass is 16.6. The minimum absolute atomic E-state index is 0.0515. The first-order valence-corrected chi connectivity index (χ1v) is 5.68. The molecule has 1 heterocycles. The van der Waals surface area contributed by atoms with E-state index in [-0.39, 0.29) is 17.9 Å². The molecule has 6 heteroatoms. The largest absolute Gasteiger partial charge is 0.491 e. The molecule has 1 aromatic carbocycles. The predicted molar refractivity (Wildman–Crippen MR) is 65.7 cm³/mol. The smallest absolute Gasteiger partial charge is 0.399 e. The lowest BCUT2D eigenvalue weighted by Crippen LogP contribution is -2.05. The van der Waals surface area contributed by atoms with E-state index in [4.69, 9.17) is 19.0 Å². The molecule has 0 aliphatic rings. The second-order valence-corrected chi connectivity index (χ2v) is 4.05. The summed E-state index contributed by atoms with van der Waals surface area (Å²) in [6, 6.07) is 6.92. The molecule has 0 aliphatic carbocycles. The van der Waals surface area contributed by atoms with Crippen molar-refractivity contribution in [2.24, 2.45) is 0 Å². The number of carboxylic acids is 1. The minimum Gasteiger partial charge on any atom is -0.491 e. The van der Waals surface area contributed by atoms with Gasteiger partial charge in [-0.2, -0.15) is 4.98 Å². The number of nitrogens with zero attached hydrogens (tertiary/aromatic N) is 1. The highest BCUT2D eigenvalue weighted by molar-refractivity contribution is 5.84. The lowest BCUT2D eigenvalue weighted by atomic mass is 10.3. The van der Waals surface area contributed by atoms with Crippen molar-refractivity contribution in [3.05, 3.63) is 36.2 Å². The Kier molecular flexibility index (Phi) is 3.70. The topological polar surface area (TPSA) is 81.8 Å². The van der Waals surface area contributed by atoms with Crippen molar-refractivity contribution in [1.82, 2.24) is 4.98 Å². The van der Waals surface area contributed by atoms with Gasteiger partial charge in [0.05, 0.1) is 6.10 Å². The first kappa shape index (κ1) is 12.9. The Morgan fingerprint density at radius 3 is 2.74 bits per heavy atom. The maximum atomic E-state index is 10.6. The Morgan fingerprint density at radius 1 is 1.37 bits per heavy atom. The highest BCUT2D eigenvalue weighted by Gasteiger charge is 2.12. The van der Waals surface area contributed by atoms with Gasteiger partial charge in [-0.15, -0.1) is 0 Å². The Morgan fingerprint density at radius 2 is 2.11 bits per heavy atom. The van der Waals surface area contributed by atoms with Crippen molar-refractivity contribution in [3.63, 3.8) is 0 Å². The summed E-state index contributed by atoms with van der Waals surface area (Å²) in [5.74, 6) is -0.0649. The van der Waals surface area contributed by atoms with Gasteiger partial charge in [-0.05, 0) is 26.0 Å². The van der Waals surface area contributed by atoms with Gasteiger partial charge in [0.25, 0.3) is 0 Å². The summed E-state index contributed by atoms with van der Waals surface area (Å²) in [6.07, 6.45) is 0.946. The number of hydrogen-bond donors (Lipinski definition) is 1. The number of ether oxygens (including phenoxy) is 2. The average molecular weight is 263 g/mol. The summed E-state index contributed by atoms with van der Waals surface area (Å²) < 4.78 is 15.7. The van der Waals surface area contributed by atoms with Crippen molar-refractivity contribution in [2.75, 3.05) is 0 Å². The molecule has 0 spiro atoms. The van der Waals surface area contributed by atoms with Crippen LogP contribution in [0.1, 0.15) is 24.3 Å². The molecule has 0 saturated heterocycles. The maximum absolute atomic E-state index is 10.6. The molecular weight excluding hydrogens is 250 g/mol. The fourth-order valence-corrected chi connectivity index (χ4v) is 1.39. The van der Waals surface area contributed by atoms with Gasteiger partial charge in [-0.25, -0.2) is 4.79 Å². The number of aromatic nitrogens is 1. The molecule has 0 aliphatic heterocycles. The molecule has 0 saturated carbocycles. The minimum atomic E-state index is -1.17. The SMILES string of the molecule is CC(C)Oc1cccc(Oc2nc(C(=O)O)co2)c1. The molecule has 0 bridgehead atoms. The third kappa shape index (κ3) is 3.48. The van der Waals surface area contributed by atoms with E-state index in [1.54, 1.807) is 24.3 Å². The van der Waals surface area contributed by atoms with E-state index in [1.807, 2.05) is 13.8 Å². The monoisotopic (exact) mass is 263 g/mol. The summed E-state index contributed by atoms with van der Waals surface area (Å²) in [5.41, 5.74) is -0.204. The number of benzene rings is 1. The lowest BCUT2D eigenvalue weighted by Gasteiger charge is -2.10. The molecule has 2 rings (SSSR count). The summed E-state index contributed by atoms with van der Waals surface area (Å²) >= 11 is 0. The molecule has 2 aromatic rings. The number of carbonyl (C=O) groups is 1. The second-order valence-electron chi connectivity index (χ2n) is 4.05. The zero-order valence-corrected chi connectivity index (χ0v) is 10.5. The fourth-order valence-electron chi connectivity index (χ4n) is 1.39. The average Bonchev–Trinajstić information content (AvgIpc) is 2.77. The quantitative estimate of drug-likeness (QED) is 0.893. The van der Waals surface area contributed by atoms with Gasteiger partial charge in [-0.3, -0.25) is 0 Å². The molecule has 0 unspecified atom stereocenters. The van der Waals surface area contributed by atoms with Crippen LogP contribution in [0.15, 0.2) is 34.9 Å². The molecule has 0 fully saturated rings. The Balaban J connectivity index is 2.11. The molecule has 0 atom stereocenters. The van der Waals surface area contributed by atoms with Crippen LogP contribution in [0, 0.1) is 0 Å². The van der Waals surface area contributed by atoms with E-state index in [0.717, 1.165) is 6.26 Å². The Bertz CT molecular complexity index is 576. The molecule has 0 radical (unpaired) electrons. The second kappa shape index (κ2) is 5.43. The highest BCUT2D eigenvalue weighted by Crippen LogP contribution is 2.25. The third-order valence-corrected chi connectivity index (χ3v) is 2.08. The van der Waals surface area contributed by atoms with Crippen LogP contribution in [0.25, 0.3) is 0 Å². The zero-order valence-electron chi connectivity index (χ0n) is 10.5. The van der Waals surface area contributed by atoms with Crippen LogP contribution in [0.2, 0.25) is 0 Å². The Hall–Kier alpha value is -2.50. The molecule has 19 heavy (non-hydrogen) atoms. The number of aromatic carboxylic acids is 1. The van der Waals surface area contributed by atoms with Crippen LogP contribution >= 0.6 is 0 Å². The van der Waals surface area contributed by atoms with Crippen LogP contribution in [-0.2, 0) is 0 Å². The fraction of sp³-hybridized carbons (Fsp3) is 0.231. The molecule has 6 nitrogen and oxygen atoms in total. The van der Waals surface area contributed by atoms with Crippen molar-refractivity contribution in [2.45, 2.75) is 20.0 Å². The molecule has 0 amide bonds. The normalized spacial score (nSPS) is 10.5. The number of carboxylic acid groups (broad SMARTS) is 1. The number of oxazole rings is 1. The van der Waals surface area contributed by atoms with E-state index < -0.39 is 5.97 Å². The number of hydrogen-bond acceptors (Lipinski definition) is 5. The van der Waals surface area contributed by atoms with Crippen LogP contribution < -0.4 is 9.47 Å². The lowest BCUT2D eigenvalue weighted by molar-refractivity contribution is 0.0690. The van der Waals surface area contributed by atoms with Gasteiger partial charge < -0.3 is 19.0 Å². The standard InChI is InChI=1S/C13H13NO5/c1-8(2)18-9-4-3-5-10(6-9)19-13-14-11(7-17-13)12(15)16/h3-8H,1-2H3,(H,15,16). The predicted octanol–water partition coefficient (Wildman–Crippen LogP) is 2.95. The third-order valence-electron chi connectivity index (χ3n) is 2.08.